The van der Waals surface area contributed by atoms with E-state index in [0.717, 1.165) is 34.3 Å². The molecule has 1 aromatic rings. The van der Waals surface area contributed by atoms with E-state index in [1.165, 1.54) is 12.0 Å². The molecule has 0 aromatic heterocycles. The van der Waals surface area contributed by atoms with Crippen LogP contribution in [0.5, 0.6) is 5.75 Å². The molecule has 20 heavy (non-hydrogen) atoms. The Bertz CT molecular complexity index is 424. The first-order chi connectivity index (χ1) is 9.61. The van der Waals surface area contributed by atoms with Crippen LogP contribution in [0, 0.1) is 0 Å². The van der Waals surface area contributed by atoms with Crippen LogP contribution in [0.1, 0.15) is 32.3 Å². The summed E-state index contributed by atoms with van der Waals surface area (Å²) in [6.45, 7) is 6.55. The van der Waals surface area contributed by atoms with Crippen LogP contribution in [-0.4, -0.2) is 25.4 Å². The quantitative estimate of drug-likeness (QED) is 0.765. The van der Waals surface area contributed by atoms with Gasteiger partial charge in [-0.2, -0.15) is 0 Å². The third-order valence-electron chi connectivity index (χ3n) is 3.50. The van der Waals surface area contributed by atoms with Gasteiger partial charge in [0.15, 0.2) is 0 Å². The fourth-order valence-electron chi connectivity index (χ4n) is 2.40. The van der Waals surface area contributed by atoms with Crippen LogP contribution in [0.25, 0.3) is 0 Å². The number of hydrogen-bond donors (Lipinski definition) is 1. The average molecular weight is 407 g/mol. The lowest BCUT2D eigenvalue weighted by Crippen LogP contribution is -2.36. The molecule has 5 heteroatoms. The number of rotatable bonds is 6. The summed E-state index contributed by atoms with van der Waals surface area (Å²) in [5.41, 5.74) is 1.22. The second-order valence-corrected chi connectivity index (χ2v) is 6.75. The van der Waals surface area contributed by atoms with Crippen molar-refractivity contribution < 1.29 is 9.47 Å². The van der Waals surface area contributed by atoms with E-state index < -0.39 is 0 Å². The van der Waals surface area contributed by atoms with Gasteiger partial charge < -0.3 is 14.8 Å². The fraction of sp³-hybridized carbons (Fsp3) is 0.600. The number of halogens is 2. The molecule has 2 rings (SSSR count). The van der Waals surface area contributed by atoms with Gasteiger partial charge in [0, 0.05) is 19.2 Å². The van der Waals surface area contributed by atoms with Gasteiger partial charge in [-0.3, -0.25) is 0 Å². The van der Waals surface area contributed by atoms with Gasteiger partial charge in [-0.05, 0) is 76.2 Å². The van der Waals surface area contributed by atoms with Crippen molar-refractivity contribution in [3.63, 3.8) is 0 Å². The zero-order valence-electron chi connectivity index (χ0n) is 11.9. The summed E-state index contributed by atoms with van der Waals surface area (Å²) in [6.07, 6.45) is 2.69. The summed E-state index contributed by atoms with van der Waals surface area (Å²) in [5.74, 6) is 0.864. The normalized spacial score (nSPS) is 20.1. The lowest BCUT2D eigenvalue weighted by Gasteiger charge is -2.20. The minimum atomic E-state index is 0.351. The average Bonchev–Trinajstić information content (AvgIpc) is 2.94. The molecule has 1 saturated heterocycles. The van der Waals surface area contributed by atoms with Crippen LogP contribution in [0.15, 0.2) is 21.1 Å². The smallest absolute Gasteiger partial charge is 0.147 e. The molecule has 0 amide bonds. The van der Waals surface area contributed by atoms with Gasteiger partial charge in [0.1, 0.15) is 5.75 Å². The van der Waals surface area contributed by atoms with Crippen molar-refractivity contribution in [2.75, 3.05) is 13.2 Å². The van der Waals surface area contributed by atoms with Gasteiger partial charge in [-0.1, -0.05) is 0 Å². The number of hydrogen-bond acceptors (Lipinski definition) is 3. The predicted octanol–water partition coefficient (Wildman–Crippen LogP) is 4.27. The molecular weight excluding hydrogens is 386 g/mol. The Balaban J connectivity index is 1.95. The van der Waals surface area contributed by atoms with Gasteiger partial charge in [0.05, 0.1) is 21.7 Å². The summed E-state index contributed by atoms with van der Waals surface area (Å²) in [6, 6.07) is 4.58. The molecule has 2 atom stereocenters. The van der Waals surface area contributed by atoms with Gasteiger partial charge >= 0.3 is 0 Å². The van der Waals surface area contributed by atoms with Crippen molar-refractivity contribution in [2.45, 2.75) is 45.4 Å². The number of nitrogens with one attached hydrogen (secondary N) is 1. The van der Waals surface area contributed by atoms with Crippen molar-refractivity contribution in [2.24, 2.45) is 0 Å². The summed E-state index contributed by atoms with van der Waals surface area (Å²) < 4.78 is 13.3. The van der Waals surface area contributed by atoms with Crippen LogP contribution in [0.2, 0.25) is 0 Å². The first-order valence-corrected chi connectivity index (χ1v) is 8.66. The SMILES string of the molecule is CCOc1c(Br)cc(CNC(C)C2CCCO2)cc1Br. The standard InChI is InChI=1S/C15H21Br2NO2/c1-3-19-15-12(16)7-11(8-13(15)17)9-18-10(2)14-5-4-6-20-14/h7-8,10,14,18H,3-6,9H2,1-2H3. The Morgan fingerprint density at radius 1 is 1.40 bits per heavy atom. The molecule has 0 spiro atoms. The molecule has 0 radical (unpaired) electrons. The largest absolute Gasteiger partial charge is 0.492 e. The van der Waals surface area contributed by atoms with E-state index in [4.69, 9.17) is 9.47 Å². The maximum atomic E-state index is 5.70. The second kappa shape index (κ2) is 7.78. The lowest BCUT2D eigenvalue weighted by atomic mass is 10.1. The molecule has 0 saturated carbocycles. The van der Waals surface area contributed by atoms with Gasteiger partial charge in [-0.25, -0.2) is 0 Å². The van der Waals surface area contributed by atoms with Gasteiger partial charge in [0.25, 0.3) is 0 Å². The first-order valence-electron chi connectivity index (χ1n) is 7.07. The highest BCUT2D eigenvalue weighted by atomic mass is 79.9. The Hall–Kier alpha value is -0.100. The van der Waals surface area contributed by atoms with Crippen LogP contribution in [0.3, 0.4) is 0 Å². The Morgan fingerprint density at radius 2 is 2.10 bits per heavy atom. The van der Waals surface area contributed by atoms with E-state index in [2.05, 4.69) is 56.2 Å². The zero-order valence-corrected chi connectivity index (χ0v) is 15.1. The second-order valence-electron chi connectivity index (χ2n) is 5.04. The number of benzene rings is 1. The summed E-state index contributed by atoms with van der Waals surface area (Å²) in [5, 5.41) is 3.54. The van der Waals surface area contributed by atoms with Crippen LogP contribution in [-0.2, 0) is 11.3 Å². The molecule has 112 valence electrons. The highest BCUT2D eigenvalue weighted by molar-refractivity contribution is 9.11. The Labute approximate surface area is 137 Å². The molecule has 1 aliphatic heterocycles. The van der Waals surface area contributed by atoms with E-state index in [0.29, 0.717) is 18.8 Å². The predicted molar refractivity (Wildman–Crippen MR) is 88.3 cm³/mol. The van der Waals surface area contributed by atoms with Crippen molar-refractivity contribution >= 4 is 31.9 Å². The molecule has 0 aliphatic carbocycles. The van der Waals surface area contributed by atoms with Crippen molar-refractivity contribution in [1.29, 1.82) is 0 Å². The molecule has 2 unspecified atom stereocenters. The third-order valence-corrected chi connectivity index (χ3v) is 4.68. The van der Waals surface area contributed by atoms with Crippen LogP contribution >= 0.6 is 31.9 Å². The Morgan fingerprint density at radius 3 is 2.65 bits per heavy atom. The van der Waals surface area contributed by atoms with Crippen molar-refractivity contribution in [3.8, 4) is 5.75 Å². The van der Waals surface area contributed by atoms with E-state index in [9.17, 15) is 0 Å². The van der Waals surface area contributed by atoms with Crippen molar-refractivity contribution in [1.82, 2.24) is 5.32 Å². The summed E-state index contributed by atoms with van der Waals surface area (Å²) in [7, 11) is 0. The Kier molecular flexibility index (Phi) is 6.33. The molecule has 1 aromatic carbocycles. The summed E-state index contributed by atoms with van der Waals surface area (Å²) >= 11 is 7.13. The molecule has 1 heterocycles. The molecule has 3 nitrogen and oxygen atoms in total. The van der Waals surface area contributed by atoms with Crippen molar-refractivity contribution in [3.05, 3.63) is 26.6 Å². The maximum Gasteiger partial charge on any atom is 0.147 e. The molecule has 1 fully saturated rings. The zero-order chi connectivity index (χ0) is 14.5. The van der Waals surface area contributed by atoms with Gasteiger partial charge in [0.2, 0.25) is 0 Å². The minimum Gasteiger partial charge on any atom is -0.492 e. The van der Waals surface area contributed by atoms with E-state index in [1.54, 1.807) is 0 Å². The molecule has 0 bridgehead atoms. The minimum absolute atomic E-state index is 0.351. The molecular formula is C15H21Br2NO2. The molecule has 1 aliphatic rings. The monoisotopic (exact) mass is 405 g/mol. The lowest BCUT2D eigenvalue weighted by molar-refractivity contribution is 0.0832. The summed E-state index contributed by atoms with van der Waals surface area (Å²) in [4.78, 5) is 0. The topological polar surface area (TPSA) is 30.5 Å². The maximum absolute atomic E-state index is 5.70. The first kappa shape index (κ1) is 16.3. The molecule has 1 N–H and O–H groups in total. The fourth-order valence-corrected chi connectivity index (χ4v) is 3.91. The van der Waals surface area contributed by atoms with Crippen LogP contribution < -0.4 is 10.1 Å². The van der Waals surface area contributed by atoms with Crippen LogP contribution in [0.4, 0.5) is 0 Å². The van der Waals surface area contributed by atoms with E-state index >= 15 is 0 Å². The van der Waals surface area contributed by atoms with E-state index in [1.807, 2.05) is 6.92 Å². The number of ether oxygens (including phenoxy) is 2. The van der Waals surface area contributed by atoms with Gasteiger partial charge in [-0.15, -0.1) is 0 Å². The highest BCUT2D eigenvalue weighted by Crippen LogP contribution is 2.34. The highest BCUT2D eigenvalue weighted by Gasteiger charge is 2.21. The third kappa shape index (κ3) is 4.20. The van der Waals surface area contributed by atoms with E-state index in [-0.39, 0.29) is 0 Å².